The highest BCUT2D eigenvalue weighted by atomic mass is 16.3. The molecule has 128 valence electrons. The van der Waals surface area contributed by atoms with Crippen LogP contribution in [0.3, 0.4) is 0 Å². The second-order valence-electron chi connectivity index (χ2n) is 6.33. The van der Waals surface area contributed by atoms with Crippen molar-refractivity contribution in [2.24, 2.45) is 0 Å². The number of nitrogens with zero attached hydrogens (tertiary/aromatic N) is 5. The summed E-state index contributed by atoms with van der Waals surface area (Å²) in [4.78, 5) is 18.6. The van der Waals surface area contributed by atoms with Gasteiger partial charge in [0.1, 0.15) is 0 Å². The van der Waals surface area contributed by atoms with Crippen LogP contribution in [0.5, 0.6) is 0 Å². The molecule has 1 amide bonds. The molecule has 0 saturated carbocycles. The van der Waals surface area contributed by atoms with E-state index in [0.29, 0.717) is 37.3 Å². The second kappa shape index (κ2) is 6.25. The molecule has 0 bridgehead atoms. The van der Waals surface area contributed by atoms with Gasteiger partial charge in [0.05, 0.1) is 17.5 Å². The molecule has 0 aliphatic carbocycles. The number of pyridine rings is 1. The lowest BCUT2D eigenvalue weighted by Crippen LogP contribution is -2.40. The van der Waals surface area contributed by atoms with Crippen LogP contribution in [0.1, 0.15) is 29.0 Å². The molecule has 0 unspecified atom stereocenters. The molecule has 1 fully saturated rings. The highest BCUT2D eigenvalue weighted by molar-refractivity contribution is 5.94. The number of hydrogen-bond acceptors (Lipinski definition) is 5. The number of aliphatic hydroxyl groups is 1. The van der Waals surface area contributed by atoms with E-state index in [1.165, 1.54) is 0 Å². The van der Waals surface area contributed by atoms with Crippen molar-refractivity contribution in [3.8, 4) is 5.69 Å². The summed E-state index contributed by atoms with van der Waals surface area (Å²) in [6.45, 7) is 2.95. The van der Waals surface area contributed by atoms with Crippen LogP contribution in [0.25, 0.3) is 16.5 Å². The molecule has 0 radical (unpaired) electrons. The van der Waals surface area contributed by atoms with Crippen molar-refractivity contribution in [3.05, 3.63) is 48.0 Å². The number of likely N-dealkylation sites (tertiary alicyclic amines) is 1. The SMILES string of the molecule is Cc1c(C(=O)N2CCC(O)CC2)nnn1-c1cccc2cnccc12. The van der Waals surface area contributed by atoms with Gasteiger partial charge in [-0.15, -0.1) is 5.10 Å². The van der Waals surface area contributed by atoms with Gasteiger partial charge in [0, 0.05) is 36.3 Å². The van der Waals surface area contributed by atoms with Gasteiger partial charge in [-0.05, 0) is 31.9 Å². The minimum absolute atomic E-state index is 0.127. The van der Waals surface area contributed by atoms with Gasteiger partial charge < -0.3 is 10.0 Å². The molecule has 1 N–H and O–H groups in total. The van der Waals surface area contributed by atoms with Crippen LogP contribution in [0.15, 0.2) is 36.7 Å². The number of fused-ring (bicyclic) bond motifs is 1. The van der Waals surface area contributed by atoms with Crippen molar-refractivity contribution in [2.75, 3.05) is 13.1 Å². The van der Waals surface area contributed by atoms with E-state index in [9.17, 15) is 9.90 Å². The van der Waals surface area contributed by atoms with E-state index in [1.807, 2.05) is 31.2 Å². The Bertz CT molecular complexity index is 923. The number of aliphatic hydroxyl groups excluding tert-OH is 1. The van der Waals surface area contributed by atoms with Gasteiger partial charge in [-0.2, -0.15) is 0 Å². The summed E-state index contributed by atoms with van der Waals surface area (Å²) in [6, 6.07) is 7.81. The Kier molecular flexibility index (Phi) is 3.93. The molecule has 1 aliphatic heterocycles. The molecule has 4 rings (SSSR count). The first kappa shape index (κ1) is 15.7. The number of rotatable bonds is 2. The zero-order valence-corrected chi connectivity index (χ0v) is 14.0. The molecule has 0 spiro atoms. The maximum atomic E-state index is 12.8. The van der Waals surface area contributed by atoms with E-state index in [1.54, 1.807) is 22.0 Å². The maximum absolute atomic E-state index is 12.8. The standard InChI is InChI=1S/C18H19N5O2/c1-12-17(18(25)22-9-6-14(24)7-10-22)20-21-23(12)16-4-2-3-13-11-19-8-5-15(13)16/h2-5,8,11,14,24H,6-7,9-10H2,1H3. The van der Waals surface area contributed by atoms with E-state index in [2.05, 4.69) is 15.3 Å². The van der Waals surface area contributed by atoms with E-state index < -0.39 is 0 Å². The fraction of sp³-hybridized carbons (Fsp3) is 0.333. The van der Waals surface area contributed by atoms with E-state index in [-0.39, 0.29) is 12.0 Å². The summed E-state index contributed by atoms with van der Waals surface area (Å²) in [5, 5.41) is 20.0. The van der Waals surface area contributed by atoms with E-state index >= 15 is 0 Å². The van der Waals surface area contributed by atoms with E-state index in [0.717, 1.165) is 16.5 Å². The maximum Gasteiger partial charge on any atom is 0.276 e. The number of carbonyl (C=O) groups excluding carboxylic acids is 1. The first-order valence-corrected chi connectivity index (χ1v) is 8.38. The molecule has 7 heteroatoms. The van der Waals surface area contributed by atoms with Crippen LogP contribution in [0.2, 0.25) is 0 Å². The predicted molar refractivity (Wildman–Crippen MR) is 92.5 cm³/mol. The quantitative estimate of drug-likeness (QED) is 0.770. The predicted octanol–water partition coefficient (Wildman–Crippen LogP) is 1.72. The first-order valence-electron chi connectivity index (χ1n) is 8.38. The summed E-state index contributed by atoms with van der Waals surface area (Å²) in [7, 11) is 0. The highest BCUT2D eigenvalue weighted by Gasteiger charge is 2.26. The molecule has 3 heterocycles. The zero-order valence-electron chi connectivity index (χ0n) is 14.0. The Morgan fingerprint density at radius 3 is 2.84 bits per heavy atom. The Hall–Kier alpha value is -2.80. The van der Waals surface area contributed by atoms with Gasteiger partial charge in [-0.3, -0.25) is 9.78 Å². The fourth-order valence-electron chi connectivity index (χ4n) is 3.26. The zero-order chi connectivity index (χ0) is 17.4. The highest BCUT2D eigenvalue weighted by Crippen LogP contribution is 2.23. The molecular formula is C18H19N5O2. The molecule has 7 nitrogen and oxygen atoms in total. The van der Waals surface area contributed by atoms with Crippen molar-refractivity contribution in [1.29, 1.82) is 0 Å². The summed E-state index contributed by atoms with van der Waals surface area (Å²) < 4.78 is 1.70. The van der Waals surface area contributed by atoms with Crippen molar-refractivity contribution in [2.45, 2.75) is 25.9 Å². The third-order valence-corrected chi connectivity index (χ3v) is 4.73. The van der Waals surface area contributed by atoms with Gasteiger partial charge in [0.2, 0.25) is 0 Å². The van der Waals surface area contributed by atoms with Crippen LogP contribution in [-0.4, -0.2) is 55.1 Å². The van der Waals surface area contributed by atoms with Gasteiger partial charge in [-0.1, -0.05) is 17.3 Å². The van der Waals surface area contributed by atoms with E-state index in [4.69, 9.17) is 0 Å². The number of amides is 1. The lowest BCUT2D eigenvalue weighted by Gasteiger charge is -2.29. The first-order chi connectivity index (χ1) is 12.1. The number of aromatic nitrogens is 4. The van der Waals surface area contributed by atoms with Crippen molar-refractivity contribution in [3.63, 3.8) is 0 Å². The number of benzene rings is 1. The Morgan fingerprint density at radius 1 is 1.24 bits per heavy atom. The van der Waals surface area contributed by atoms with Gasteiger partial charge in [0.25, 0.3) is 5.91 Å². The van der Waals surface area contributed by atoms with Gasteiger partial charge in [0.15, 0.2) is 5.69 Å². The minimum atomic E-state index is -0.315. The van der Waals surface area contributed by atoms with Crippen LogP contribution in [0.4, 0.5) is 0 Å². The third kappa shape index (κ3) is 2.76. The molecule has 0 atom stereocenters. The Morgan fingerprint density at radius 2 is 2.04 bits per heavy atom. The van der Waals surface area contributed by atoms with Crippen LogP contribution in [0, 0.1) is 6.92 Å². The normalized spacial score (nSPS) is 15.7. The van der Waals surface area contributed by atoms with Crippen molar-refractivity contribution < 1.29 is 9.90 Å². The summed E-state index contributed by atoms with van der Waals surface area (Å²) in [6.07, 6.45) is 4.44. The monoisotopic (exact) mass is 337 g/mol. The number of piperidine rings is 1. The van der Waals surface area contributed by atoms with Crippen molar-refractivity contribution in [1.82, 2.24) is 24.9 Å². The number of carbonyl (C=O) groups is 1. The minimum Gasteiger partial charge on any atom is -0.393 e. The Balaban J connectivity index is 1.70. The second-order valence-corrected chi connectivity index (χ2v) is 6.33. The molecule has 1 aromatic carbocycles. The average Bonchev–Trinajstić information content (AvgIpc) is 3.02. The lowest BCUT2D eigenvalue weighted by molar-refractivity contribution is 0.0541. The largest absolute Gasteiger partial charge is 0.393 e. The molecular weight excluding hydrogens is 318 g/mol. The summed E-state index contributed by atoms with van der Waals surface area (Å²) >= 11 is 0. The van der Waals surface area contributed by atoms with Crippen LogP contribution < -0.4 is 0 Å². The Labute approximate surface area is 144 Å². The third-order valence-electron chi connectivity index (χ3n) is 4.73. The molecule has 1 saturated heterocycles. The molecule has 1 aliphatic rings. The molecule has 3 aromatic rings. The number of hydrogen-bond donors (Lipinski definition) is 1. The smallest absolute Gasteiger partial charge is 0.276 e. The summed E-state index contributed by atoms with van der Waals surface area (Å²) in [5.41, 5.74) is 1.95. The average molecular weight is 337 g/mol. The van der Waals surface area contributed by atoms with Crippen LogP contribution in [-0.2, 0) is 0 Å². The topological polar surface area (TPSA) is 84.1 Å². The molecule has 2 aromatic heterocycles. The van der Waals surface area contributed by atoms with Gasteiger partial charge >= 0.3 is 0 Å². The van der Waals surface area contributed by atoms with Crippen molar-refractivity contribution >= 4 is 16.7 Å². The lowest BCUT2D eigenvalue weighted by atomic mass is 10.1. The van der Waals surface area contributed by atoms with Crippen LogP contribution >= 0.6 is 0 Å². The fourth-order valence-corrected chi connectivity index (χ4v) is 3.26. The summed E-state index contributed by atoms with van der Waals surface area (Å²) in [5.74, 6) is -0.127. The molecule has 25 heavy (non-hydrogen) atoms. The van der Waals surface area contributed by atoms with Gasteiger partial charge in [-0.25, -0.2) is 4.68 Å².